The van der Waals surface area contributed by atoms with Crippen LogP contribution in [-0.4, -0.2) is 33.6 Å². The van der Waals surface area contributed by atoms with Gasteiger partial charge in [-0.25, -0.2) is 0 Å². The van der Waals surface area contributed by atoms with Gasteiger partial charge in [0.25, 0.3) is 0 Å². The average molecular weight is 537 g/mol. The molecule has 2 rings (SSSR count). The molecular formula is C35H52O4. The van der Waals surface area contributed by atoms with Gasteiger partial charge in [-0.05, 0) is 60.1 Å². The van der Waals surface area contributed by atoms with Crippen molar-refractivity contribution in [2.24, 2.45) is 5.41 Å². The molecule has 0 aliphatic heterocycles. The number of hydrogen-bond donors (Lipinski definition) is 4. The first kappa shape index (κ1) is 32.7. The molecule has 39 heavy (non-hydrogen) atoms. The number of rotatable bonds is 20. The summed E-state index contributed by atoms with van der Waals surface area (Å²) in [5.41, 5.74) is 2.32. The molecule has 4 heteroatoms. The highest BCUT2D eigenvalue weighted by Gasteiger charge is 2.38. The van der Waals surface area contributed by atoms with Gasteiger partial charge in [0.15, 0.2) is 0 Å². The molecular weight excluding hydrogens is 484 g/mol. The number of unbranched alkanes of at least 4 members (excludes halogenated alkanes) is 10. The van der Waals surface area contributed by atoms with Gasteiger partial charge in [0.2, 0.25) is 0 Å². The zero-order chi connectivity index (χ0) is 28.3. The van der Waals surface area contributed by atoms with Crippen molar-refractivity contribution < 1.29 is 20.4 Å². The van der Waals surface area contributed by atoms with Crippen LogP contribution in [0.25, 0.3) is 12.2 Å². The fourth-order valence-electron chi connectivity index (χ4n) is 4.88. The smallest absolute Gasteiger partial charge is 0.130 e. The van der Waals surface area contributed by atoms with Crippen molar-refractivity contribution in [3.05, 3.63) is 82.3 Å². The van der Waals surface area contributed by atoms with E-state index in [-0.39, 0.29) is 11.5 Å². The molecule has 0 unspecified atom stereocenters. The van der Waals surface area contributed by atoms with Crippen LogP contribution in [0.3, 0.4) is 0 Å². The maximum absolute atomic E-state index is 10.9. The summed E-state index contributed by atoms with van der Waals surface area (Å²) >= 11 is 0. The van der Waals surface area contributed by atoms with E-state index >= 15 is 0 Å². The number of aliphatic hydroxyl groups excluding tert-OH is 4. The van der Waals surface area contributed by atoms with Gasteiger partial charge in [-0.2, -0.15) is 0 Å². The highest BCUT2D eigenvalue weighted by atomic mass is 16.3. The predicted octanol–water partition coefficient (Wildman–Crippen LogP) is 8.96. The van der Waals surface area contributed by atoms with Crippen LogP contribution in [0.15, 0.2) is 60.0 Å². The van der Waals surface area contributed by atoms with Crippen LogP contribution in [0.1, 0.15) is 113 Å². The molecule has 0 aliphatic carbocycles. The normalized spacial score (nSPS) is 12.7. The van der Waals surface area contributed by atoms with Crippen molar-refractivity contribution in [2.45, 2.75) is 104 Å². The lowest BCUT2D eigenvalue weighted by Crippen LogP contribution is -2.34. The molecule has 4 N–H and O–H groups in total. The molecule has 0 fully saturated rings. The number of aryl methyl sites for hydroxylation is 2. The second kappa shape index (κ2) is 18.7. The molecule has 2 aromatic rings. The molecule has 0 saturated heterocycles. The largest absolute Gasteiger partial charge is 0.511 e. The summed E-state index contributed by atoms with van der Waals surface area (Å²) in [5, 5.41) is 42.2. The predicted molar refractivity (Wildman–Crippen MR) is 165 cm³/mol. The molecule has 0 atom stereocenters. The van der Waals surface area contributed by atoms with Crippen LogP contribution in [0.4, 0.5) is 0 Å². The Kier molecular flexibility index (Phi) is 15.6. The summed E-state index contributed by atoms with van der Waals surface area (Å²) in [6.45, 7) is 3.21. The molecule has 4 nitrogen and oxygen atoms in total. The first-order valence-electron chi connectivity index (χ1n) is 15.2. The first-order valence-corrected chi connectivity index (χ1v) is 15.2. The van der Waals surface area contributed by atoms with E-state index in [9.17, 15) is 20.4 Å². The van der Waals surface area contributed by atoms with Gasteiger partial charge in [-0.3, -0.25) is 0 Å². The Morgan fingerprint density at radius 3 is 1.21 bits per heavy atom. The van der Waals surface area contributed by atoms with Crippen molar-refractivity contribution in [1.82, 2.24) is 0 Å². The van der Waals surface area contributed by atoms with E-state index in [1.165, 1.54) is 100 Å². The van der Waals surface area contributed by atoms with E-state index in [1.807, 2.05) is 48.5 Å². The summed E-state index contributed by atoms with van der Waals surface area (Å²) < 4.78 is 0. The van der Waals surface area contributed by atoms with Crippen molar-refractivity contribution in [1.29, 1.82) is 0 Å². The standard InChI is InChI=1S/C35H52O4/c1-3-5-7-9-11-13-15-29-17-21-31(22-18-29)25-33(38)35(27-36,28-37)34(39)26-32-23-19-30(20-24-32)16-14-12-10-8-6-4-2/h17-26,36-39H,3-16,27-28H2,1-2H3. The molecule has 2 aromatic carbocycles. The highest BCUT2D eigenvalue weighted by molar-refractivity contribution is 5.58. The van der Waals surface area contributed by atoms with Gasteiger partial charge in [0.1, 0.15) is 16.9 Å². The van der Waals surface area contributed by atoms with Crippen molar-refractivity contribution in [3.63, 3.8) is 0 Å². The van der Waals surface area contributed by atoms with Crippen LogP contribution >= 0.6 is 0 Å². The maximum atomic E-state index is 10.9. The van der Waals surface area contributed by atoms with Gasteiger partial charge in [-0.15, -0.1) is 0 Å². The van der Waals surface area contributed by atoms with Gasteiger partial charge in [-0.1, -0.05) is 127 Å². The number of hydrogen-bond acceptors (Lipinski definition) is 4. The summed E-state index contributed by atoms with van der Waals surface area (Å²) in [5.74, 6) is -0.547. The lowest BCUT2D eigenvalue weighted by atomic mass is 9.83. The Balaban J connectivity index is 2.01. The van der Waals surface area contributed by atoms with E-state index in [2.05, 4.69) is 13.8 Å². The minimum Gasteiger partial charge on any atom is -0.511 e. The molecule has 216 valence electrons. The number of benzene rings is 2. The molecule has 0 spiro atoms. The Bertz CT molecular complexity index is 891. The van der Waals surface area contributed by atoms with Crippen LogP contribution in [0, 0.1) is 5.41 Å². The Morgan fingerprint density at radius 1 is 0.538 bits per heavy atom. The fourth-order valence-corrected chi connectivity index (χ4v) is 4.88. The molecule has 0 heterocycles. The van der Waals surface area contributed by atoms with Crippen molar-refractivity contribution in [3.8, 4) is 0 Å². The third-order valence-electron chi connectivity index (χ3n) is 7.72. The highest BCUT2D eigenvalue weighted by Crippen LogP contribution is 2.34. The summed E-state index contributed by atoms with van der Waals surface area (Å²) in [7, 11) is 0. The molecule has 0 saturated carbocycles. The van der Waals surface area contributed by atoms with Gasteiger partial charge < -0.3 is 20.4 Å². The lowest BCUT2D eigenvalue weighted by Gasteiger charge is -2.28. The lowest BCUT2D eigenvalue weighted by molar-refractivity contribution is 0.0487. The SMILES string of the molecule is CCCCCCCCc1ccc(C=C(O)C(CO)(CO)C(O)=Cc2ccc(CCCCCCCC)cc2)cc1. The summed E-state index contributed by atoms with van der Waals surface area (Å²) in [6.07, 6.45) is 20.2. The van der Waals surface area contributed by atoms with E-state index < -0.39 is 18.6 Å². The maximum Gasteiger partial charge on any atom is 0.130 e. The van der Waals surface area contributed by atoms with Crippen LogP contribution in [0.2, 0.25) is 0 Å². The molecule has 0 amide bonds. The average Bonchev–Trinajstić information content (AvgIpc) is 2.95. The zero-order valence-electron chi connectivity index (χ0n) is 24.4. The van der Waals surface area contributed by atoms with Crippen LogP contribution in [0.5, 0.6) is 0 Å². The first-order chi connectivity index (χ1) is 19.0. The van der Waals surface area contributed by atoms with Gasteiger partial charge in [0, 0.05) is 0 Å². The van der Waals surface area contributed by atoms with Crippen molar-refractivity contribution in [2.75, 3.05) is 13.2 Å². The quantitative estimate of drug-likeness (QED) is 0.101. The third kappa shape index (κ3) is 11.2. The Labute approximate surface area is 237 Å². The van der Waals surface area contributed by atoms with E-state index in [4.69, 9.17) is 0 Å². The van der Waals surface area contributed by atoms with Crippen molar-refractivity contribution >= 4 is 12.2 Å². The second-order valence-corrected chi connectivity index (χ2v) is 11.0. The molecule has 0 aliphatic rings. The summed E-state index contributed by atoms with van der Waals surface area (Å²) in [6, 6.07) is 15.9. The van der Waals surface area contributed by atoms with E-state index in [0.717, 1.165) is 24.0 Å². The molecule has 0 aromatic heterocycles. The Hall–Kier alpha value is -2.56. The Morgan fingerprint density at radius 2 is 0.872 bits per heavy atom. The minimum absolute atomic E-state index is 0.274. The zero-order valence-corrected chi connectivity index (χ0v) is 24.4. The minimum atomic E-state index is -1.67. The van der Waals surface area contributed by atoms with Gasteiger partial charge in [0.05, 0.1) is 13.2 Å². The number of aliphatic hydroxyl groups is 4. The fraction of sp³-hybridized carbons (Fsp3) is 0.543. The third-order valence-corrected chi connectivity index (χ3v) is 7.72. The molecule has 0 radical (unpaired) electrons. The van der Waals surface area contributed by atoms with E-state index in [0.29, 0.717) is 0 Å². The van der Waals surface area contributed by atoms with Crippen LogP contribution < -0.4 is 0 Å². The van der Waals surface area contributed by atoms with Gasteiger partial charge >= 0.3 is 0 Å². The summed E-state index contributed by atoms with van der Waals surface area (Å²) in [4.78, 5) is 0. The second-order valence-electron chi connectivity index (χ2n) is 11.0. The molecule has 0 bridgehead atoms. The van der Waals surface area contributed by atoms with Crippen LogP contribution in [-0.2, 0) is 12.8 Å². The van der Waals surface area contributed by atoms with E-state index in [1.54, 1.807) is 0 Å². The monoisotopic (exact) mass is 536 g/mol. The topological polar surface area (TPSA) is 80.9 Å².